The van der Waals surface area contributed by atoms with Crippen molar-refractivity contribution in [2.24, 2.45) is 0 Å². The third-order valence-electron chi connectivity index (χ3n) is 29.3. The Bertz CT molecular complexity index is 11100. The maximum absolute atomic E-state index is 7.19. The lowest BCUT2D eigenvalue weighted by Crippen LogP contribution is -2.01. The fourth-order valence-corrected chi connectivity index (χ4v) is 23.0. The summed E-state index contributed by atoms with van der Waals surface area (Å²) >= 11 is 0. The molecule has 0 saturated heterocycles. The Hall–Kier alpha value is -19.2. The van der Waals surface area contributed by atoms with Crippen molar-refractivity contribution < 1.29 is 26.5 Å². The van der Waals surface area contributed by atoms with E-state index in [9.17, 15) is 0 Å². The molecule has 0 atom stereocenters. The quantitative estimate of drug-likeness (QED) is 0.134. The number of para-hydroxylation sites is 5. The Labute approximate surface area is 791 Å². The molecule has 10 aromatic heterocycles. The van der Waals surface area contributed by atoms with Gasteiger partial charge in [-0.3, -0.25) is 0 Å². The van der Waals surface area contributed by atoms with E-state index in [1.54, 1.807) is 0 Å². The second kappa shape index (κ2) is 28.2. The summed E-state index contributed by atoms with van der Waals surface area (Å²) in [6.07, 6.45) is 0. The largest absolute Gasteiger partial charge is 0.456 e. The van der Waals surface area contributed by atoms with Crippen LogP contribution >= 0.6 is 0 Å². The van der Waals surface area contributed by atoms with Gasteiger partial charge < -0.3 is 35.6 Å². The zero-order valence-electron chi connectivity index (χ0n) is 74.1. The molecular weight excluding hydrogens is 1720 g/mol. The topological polar surface area (TPSA) is 166 Å². The summed E-state index contributed by atoms with van der Waals surface area (Å²) in [5.74, 6) is 2.84. The first-order valence-electron chi connectivity index (χ1n) is 47.1. The van der Waals surface area contributed by atoms with Crippen molar-refractivity contribution in [3.05, 3.63) is 400 Å². The predicted molar refractivity (Wildman–Crippen MR) is 569 cm³/mol. The summed E-state index contributed by atoms with van der Waals surface area (Å²) < 4.78 is 45.9. The second-order valence-electron chi connectivity index (χ2n) is 36.9. The molecule has 0 unspecified atom stereocenters. The van der Waals surface area contributed by atoms with Crippen LogP contribution in [0.3, 0.4) is 0 Å². The van der Waals surface area contributed by atoms with Crippen molar-refractivity contribution in [1.29, 1.82) is 0 Å². The lowest BCUT2D eigenvalue weighted by molar-refractivity contribution is 0.668. The summed E-state index contributed by atoms with van der Waals surface area (Å²) in [5, 5.41) is 29.6. The molecule has 32 rings (SSSR count). The number of furan rings is 6. The van der Waals surface area contributed by atoms with E-state index in [2.05, 4.69) is 288 Å². The van der Waals surface area contributed by atoms with Crippen molar-refractivity contribution >= 4 is 240 Å². The molecule has 0 aliphatic heterocycles. The third-order valence-corrected chi connectivity index (χ3v) is 29.3. The third kappa shape index (κ3) is 10.9. The van der Waals surface area contributed by atoms with E-state index in [0.717, 1.165) is 247 Å². The van der Waals surface area contributed by atoms with Gasteiger partial charge in [-0.15, -0.1) is 0 Å². The fourth-order valence-electron chi connectivity index (χ4n) is 23.0. The van der Waals surface area contributed by atoms with E-state index in [-0.39, 0.29) is 0 Å². The lowest BCUT2D eigenvalue weighted by Gasteiger charge is -2.13. The molecular formula is C126H66N8O6. The Balaban J connectivity index is 0.533. The van der Waals surface area contributed by atoms with Gasteiger partial charge in [0, 0.05) is 120 Å². The van der Waals surface area contributed by atoms with Gasteiger partial charge in [-0.2, -0.15) is 0 Å². The van der Waals surface area contributed by atoms with Crippen molar-refractivity contribution in [2.45, 2.75) is 0 Å². The molecule has 140 heavy (non-hydrogen) atoms. The molecule has 32 aromatic rings. The first kappa shape index (κ1) is 75.3. The maximum Gasteiger partial charge on any atom is 0.167 e. The Morgan fingerprint density at radius 2 is 0.471 bits per heavy atom. The molecule has 0 aliphatic carbocycles. The fraction of sp³-hybridized carbons (Fsp3) is 0. The zero-order valence-corrected chi connectivity index (χ0v) is 74.1. The number of benzene rings is 22. The molecule has 0 radical (unpaired) electrons. The van der Waals surface area contributed by atoms with Crippen LogP contribution in [0.1, 0.15) is 0 Å². The van der Waals surface area contributed by atoms with E-state index in [1.807, 2.05) is 121 Å². The van der Waals surface area contributed by atoms with Gasteiger partial charge >= 0.3 is 0 Å². The van der Waals surface area contributed by atoms with Crippen LogP contribution in [0.2, 0.25) is 0 Å². The second-order valence-corrected chi connectivity index (χ2v) is 36.9. The van der Waals surface area contributed by atoms with E-state index in [1.165, 1.54) is 32.3 Å². The van der Waals surface area contributed by atoms with Gasteiger partial charge in [0.05, 0.1) is 33.2 Å². The Morgan fingerprint density at radius 3 is 0.979 bits per heavy atom. The number of nitrogens with zero attached hydrogens (tertiary/aromatic N) is 8. The molecule has 10 heterocycles. The molecule has 0 spiro atoms. The highest BCUT2D eigenvalue weighted by molar-refractivity contribution is 6.29. The molecule has 0 aliphatic rings. The highest BCUT2D eigenvalue weighted by Crippen LogP contribution is 2.51. The van der Waals surface area contributed by atoms with Gasteiger partial charge in [0.2, 0.25) is 0 Å². The minimum Gasteiger partial charge on any atom is -0.456 e. The summed E-state index contributed by atoms with van der Waals surface area (Å²) in [6, 6.07) is 142. The van der Waals surface area contributed by atoms with Gasteiger partial charge in [-0.05, 0) is 227 Å². The van der Waals surface area contributed by atoms with Crippen LogP contribution in [0.25, 0.3) is 331 Å². The highest BCUT2D eigenvalue weighted by Gasteiger charge is 2.30. The van der Waals surface area contributed by atoms with Crippen LogP contribution < -0.4 is 0 Å². The van der Waals surface area contributed by atoms with Crippen molar-refractivity contribution in [2.75, 3.05) is 0 Å². The monoisotopic (exact) mass is 1790 g/mol. The van der Waals surface area contributed by atoms with Crippen LogP contribution in [-0.2, 0) is 0 Å². The average Bonchev–Trinajstić information content (AvgIpc) is 1.55. The van der Waals surface area contributed by atoms with Crippen LogP contribution in [0.15, 0.2) is 427 Å². The standard InChI is InChI=1S/C126H66N8O6/c1-3-23-70-61-100-94(57-68(70)21-1)112-80-25-6-5-20-67(80)47-54-98(112)133(100)78-49-42-75-59-96(119-117(92(75)65-78)86-29-10-15-37-105(86)139-119)125-128-121(77-46-52-83-82-26-7-12-34-102(82)137-110(83)64-77)127-122(130-125)91-33-19-41-109-116(91)88-53-45-73(63-111(88)138-109)72-44-51-81-74(56-72)48-55-99-113(81)95-58-69-22-2-4-24-71(69)62-101(95)134(99)79-50-43-76-60-97(120-118(93(76)66-79)87-30-11-16-38-106(87)140-120)126-131-123(89-31-17-39-107-114(89)84-27-8-13-35-103(84)135-107)129-124(132-126)90-32-18-40-108-115(90)85-28-9-14-36-104(85)136-108/h1-66H. The van der Waals surface area contributed by atoms with Crippen LogP contribution in [-0.4, -0.2) is 39.0 Å². The Morgan fingerprint density at radius 1 is 0.150 bits per heavy atom. The highest BCUT2D eigenvalue weighted by atomic mass is 16.3. The van der Waals surface area contributed by atoms with Crippen LogP contribution in [0.5, 0.6) is 0 Å². The predicted octanol–water partition coefficient (Wildman–Crippen LogP) is 34.2. The number of aromatic nitrogens is 8. The van der Waals surface area contributed by atoms with Crippen LogP contribution in [0, 0.1) is 0 Å². The van der Waals surface area contributed by atoms with E-state index in [4.69, 9.17) is 56.4 Å². The summed E-state index contributed by atoms with van der Waals surface area (Å²) in [5.41, 5.74) is 22.0. The Kier molecular flexibility index (Phi) is 15.2. The van der Waals surface area contributed by atoms with Crippen molar-refractivity contribution in [1.82, 2.24) is 39.0 Å². The lowest BCUT2D eigenvalue weighted by atomic mass is 9.97. The molecule has 0 saturated carbocycles. The van der Waals surface area contributed by atoms with Crippen LogP contribution in [0.4, 0.5) is 0 Å². The van der Waals surface area contributed by atoms with E-state index in [0.29, 0.717) is 51.7 Å². The SMILES string of the molecule is c1ccc2cc3c(cc2c1)c1c2ccccc2ccc1n3-c1ccc2cc(-c3nc(-c4ccc5c(c4)oc4ccccc45)nc(-c4cccc5oc6cc(-c7ccc8c(ccc9c8c8cc%10ccccc%10cc8n9-c8ccc9cc(-c%10nc(-c%11cccc%12oc%13ccccc%13c%11%12)nc(-c%11cccc%12oc%13ccccc%13c%11%12)n%10)c%10oc%11ccccc%11c%10c9c8)c7)ccc6c45)n3)c3oc4ccccc4c3c2c1. The summed E-state index contributed by atoms with van der Waals surface area (Å²) in [4.78, 5) is 33.1. The molecule has 646 valence electrons. The number of hydrogen-bond donors (Lipinski definition) is 0. The zero-order chi connectivity index (χ0) is 91.0. The maximum atomic E-state index is 7.19. The van der Waals surface area contributed by atoms with Gasteiger partial charge in [0.15, 0.2) is 34.9 Å². The normalized spacial score (nSPS) is 12.4. The van der Waals surface area contributed by atoms with Gasteiger partial charge in [0.25, 0.3) is 0 Å². The molecule has 22 aromatic carbocycles. The van der Waals surface area contributed by atoms with Gasteiger partial charge in [-0.25, -0.2) is 29.9 Å². The summed E-state index contributed by atoms with van der Waals surface area (Å²) in [7, 11) is 0. The summed E-state index contributed by atoms with van der Waals surface area (Å²) in [6.45, 7) is 0. The molecule has 0 N–H and O–H groups in total. The molecule has 14 heteroatoms. The van der Waals surface area contributed by atoms with Crippen molar-refractivity contribution in [3.63, 3.8) is 0 Å². The minimum absolute atomic E-state index is 0.450. The molecule has 14 nitrogen and oxygen atoms in total. The number of rotatable bonds is 9. The van der Waals surface area contributed by atoms with E-state index < -0.39 is 0 Å². The van der Waals surface area contributed by atoms with E-state index >= 15 is 0 Å². The van der Waals surface area contributed by atoms with Crippen molar-refractivity contribution in [3.8, 4) is 90.8 Å². The minimum atomic E-state index is 0.450. The number of hydrogen-bond acceptors (Lipinski definition) is 12. The number of fused-ring (bicyclic) bond motifs is 34. The molecule has 0 fully saturated rings. The first-order valence-corrected chi connectivity index (χ1v) is 47.1. The molecule has 0 amide bonds. The smallest absolute Gasteiger partial charge is 0.167 e. The molecule has 0 bridgehead atoms. The average molecular weight is 1790 g/mol. The van der Waals surface area contributed by atoms with Gasteiger partial charge in [0.1, 0.15) is 67.0 Å². The first-order chi connectivity index (χ1) is 69.3. The van der Waals surface area contributed by atoms with Gasteiger partial charge in [-0.1, -0.05) is 249 Å².